The van der Waals surface area contributed by atoms with Crippen molar-refractivity contribution < 1.29 is 13.5 Å². The van der Waals surface area contributed by atoms with Crippen molar-refractivity contribution in [1.82, 2.24) is 0 Å². The molecule has 0 aromatic heterocycles. The van der Waals surface area contributed by atoms with E-state index in [0.29, 0.717) is 30.6 Å². The molecule has 0 unspecified atom stereocenters. The Morgan fingerprint density at radius 2 is 1.82 bits per heavy atom. The monoisotopic (exact) mass is 254 g/mol. The highest BCUT2D eigenvalue weighted by Gasteiger charge is 2.31. The van der Waals surface area contributed by atoms with Gasteiger partial charge in [-0.2, -0.15) is 0 Å². The molecule has 1 aliphatic carbocycles. The van der Waals surface area contributed by atoms with Gasteiger partial charge >= 0.3 is 0 Å². The van der Waals surface area contributed by atoms with E-state index in [1.807, 2.05) is 13.0 Å². The van der Waals surface area contributed by atoms with E-state index in [1.165, 1.54) is 0 Å². The van der Waals surface area contributed by atoms with Crippen LogP contribution < -0.4 is 0 Å². The second kappa shape index (κ2) is 4.78. The lowest BCUT2D eigenvalue weighted by atomic mass is 9.97. The molecular weight excluding hydrogens is 236 g/mol. The molecule has 0 atom stereocenters. The second-order valence-corrected chi connectivity index (χ2v) is 7.02. The average molecular weight is 254 g/mol. The fraction of sp³-hybridized carbons (Fsp3) is 0.538. The van der Waals surface area contributed by atoms with E-state index in [9.17, 15) is 13.5 Å². The van der Waals surface area contributed by atoms with Crippen LogP contribution in [0.15, 0.2) is 29.2 Å². The molecule has 94 valence electrons. The highest BCUT2D eigenvalue weighted by Crippen LogP contribution is 2.29. The fourth-order valence-corrected chi connectivity index (χ4v) is 4.24. The summed E-state index contributed by atoms with van der Waals surface area (Å²) < 4.78 is 24.7. The van der Waals surface area contributed by atoms with E-state index < -0.39 is 9.84 Å². The number of aliphatic hydroxyl groups excluding tert-OH is 1. The van der Waals surface area contributed by atoms with Gasteiger partial charge in [0.15, 0.2) is 9.84 Å². The van der Waals surface area contributed by atoms with Gasteiger partial charge in [-0.15, -0.1) is 0 Å². The molecule has 1 saturated carbocycles. The van der Waals surface area contributed by atoms with Crippen LogP contribution in [0, 0.1) is 6.92 Å². The van der Waals surface area contributed by atoms with E-state index in [1.54, 1.807) is 18.2 Å². The summed E-state index contributed by atoms with van der Waals surface area (Å²) >= 11 is 0. The number of hydrogen-bond donors (Lipinski definition) is 1. The molecule has 0 saturated heterocycles. The lowest BCUT2D eigenvalue weighted by Gasteiger charge is -2.25. The van der Waals surface area contributed by atoms with Crippen LogP contribution in [0.5, 0.6) is 0 Å². The van der Waals surface area contributed by atoms with Crippen LogP contribution in [0.1, 0.15) is 31.2 Å². The largest absolute Gasteiger partial charge is 0.393 e. The predicted octanol–water partition coefficient (Wildman–Crippen LogP) is 2.07. The van der Waals surface area contributed by atoms with Crippen LogP contribution in [0.4, 0.5) is 0 Å². The van der Waals surface area contributed by atoms with Gasteiger partial charge in [-0.1, -0.05) is 12.1 Å². The van der Waals surface area contributed by atoms with Crippen molar-refractivity contribution >= 4 is 9.84 Å². The van der Waals surface area contributed by atoms with Gasteiger partial charge in [0.05, 0.1) is 16.2 Å². The third-order valence-electron chi connectivity index (χ3n) is 3.40. The molecule has 1 N–H and O–H groups in total. The molecule has 0 aliphatic heterocycles. The van der Waals surface area contributed by atoms with Gasteiger partial charge in [-0.05, 0) is 50.3 Å². The molecule has 1 aromatic carbocycles. The van der Waals surface area contributed by atoms with Gasteiger partial charge in [0.1, 0.15) is 0 Å². The lowest BCUT2D eigenvalue weighted by molar-refractivity contribution is 0.131. The van der Waals surface area contributed by atoms with Crippen LogP contribution in [0.3, 0.4) is 0 Å². The summed E-state index contributed by atoms with van der Waals surface area (Å²) in [4.78, 5) is 0.416. The summed E-state index contributed by atoms with van der Waals surface area (Å²) in [5.74, 6) is 0. The molecule has 2 rings (SSSR count). The first-order valence-electron chi connectivity index (χ1n) is 5.99. The van der Waals surface area contributed by atoms with Crippen LogP contribution >= 0.6 is 0 Å². The van der Waals surface area contributed by atoms with E-state index in [-0.39, 0.29) is 11.4 Å². The quantitative estimate of drug-likeness (QED) is 0.879. The number of aliphatic hydroxyl groups is 1. The van der Waals surface area contributed by atoms with Crippen molar-refractivity contribution in [3.05, 3.63) is 29.8 Å². The Balaban J connectivity index is 2.25. The van der Waals surface area contributed by atoms with Gasteiger partial charge in [0, 0.05) is 0 Å². The lowest BCUT2D eigenvalue weighted by Crippen LogP contribution is -2.29. The summed E-state index contributed by atoms with van der Waals surface area (Å²) in [6, 6.07) is 7.05. The number of hydrogen-bond acceptors (Lipinski definition) is 3. The normalized spacial score (nSPS) is 25.8. The van der Waals surface area contributed by atoms with E-state index in [2.05, 4.69) is 0 Å². The van der Waals surface area contributed by atoms with E-state index in [0.717, 1.165) is 5.56 Å². The summed E-state index contributed by atoms with van der Waals surface area (Å²) in [5.41, 5.74) is 0.960. The minimum atomic E-state index is -3.22. The van der Waals surface area contributed by atoms with Gasteiger partial charge < -0.3 is 5.11 Å². The van der Waals surface area contributed by atoms with Gasteiger partial charge in [-0.25, -0.2) is 8.42 Å². The number of rotatable bonds is 2. The molecule has 0 radical (unpaired) electrons. The molecule has 0 bridgehead atoms. The minimum absolute atomic E-state index is 0.320. The van der Waals surface area contributed by atoms with E-state index >= 15 is 0 Å². The third kappa shape index (κ3) is 2.69. The molecule has 1 fully saturated rings. The number of aryl methyl sites for hydroxylation is 1. The van der Waals surface area contributed by atoms with Crippen LogP contribution in [-0.2, 0) is 9.84 Å². The standard InChI is InChI=1S/C13H18O3S/c1-10-3-2-4-13(9-10)17(15,16)12-7-5-11(14)6-8-12/h2-4,9,11-12,14H,5-8H2,1H3. The summed E-state index contributed by atoms with van der Waals surface area (Å²) in [6.07, 6.45) is 2.00. The maximum absolute atomic E-state index is 12.4. The average Bonchev–Trinajstić information content (AvgIpc) is 2.29. The summed E-state index contributed by atoms with van der Waals surface area (Å²) in [5, 5.41) is 9.09. The molecular formula is C13H18O3S. The number of benzene rings is 1. The first kappa shape index (κ1) is 12.6. The Morgan fingerprint density at radius 3 is 2.41 bits per heavy atom. The van der Waals surface area contributed by atoms with Crippen molar-refractivity contribution in [2.24, 2.45) is 0 Å². The molecule has 0 heterocycles. The van der Waals surface area contributed by atoms with Crippen molar-refractivity contribution in [2.45, 2.75) is 48.9 Å². The first-order chi connectivity index (χ1) is 8.00. The zero-order valence-corrected chi connectivity index (χ0v) is 10.8. The zero-order valence-electron chi connectivity index (χ0n) is 9.96. The van der Waals surface area contributed by atoms with Crippen molar-refractivity contribution in [2.75, 3.05) is 0 Å². The molecule has 17 heavy (non-hydrogen) atoms. The van der Waals surface area contributed by atoms with Crippen LogP contribution in [0.2, 0.25) is 0 Å². The maximum atomic E-state index is 12.4. The predicted molar refractivity (Wildman–Crippen MR) is 66.6 cm³/mol. The maximum Gasteiger partial charge on any atom is 0.181 e. The highest BCUT2D eigenvalue weighted by atomic mass is 32.2. The molecule has 0 amide bonds. The second-order valence-electron chi connectivity index (χ2n) is 4.79. The van der Waals surface area contributed by atoms with Crippen molar-refractivity contribution in [3.63, 3.8) is 0 Å². The number of sulfone groups is 1. The molecule has 4 heteroatoms. The summed E-state index contributed by atoms with van der Waals surface area (Å²) in [6.45, 7) is 1.89. The first-order valence-corrected chi connectivity index (χ1v) is 7.53. The van der Waals surface area contributed by atoms with Crippen molar-refractivity contribution in [3.8, 4) is 0 Å². The van der Waals surface area contributed by atoms with Gasteiger partial charge in [0.2, 0.25) is 0 Å². The van der Waals surface area contributed by atoms with Gasteiger partial charge in [0.25, 0.3) is 0 Å². The molecule has 3 nitrogen and oxygen atoms in total. The van der Waals surface area contributed by atoms with Gasteiger partial charge in [-0.3, -0.25) is 0 Å². The fourth-order valence-electron chi connectivity index (χ4n) is 2.34. The Kier molecular flexibility index (Phi) is 3.54. The minimum Gasteiger partial charge on any atom is -0.393 e. The Labute approximate surface area is 102 Å². The van der Waals surface area contributed by atoms with Crippen LogP contribution in [0.25, 0.3) is 0 Å². The van der Waals surface area contributed by atoms with Crippen LogP contribution in [-0.4, -0.2) is 24.9 Å². The summed E-state index contributed by atoms with van der Waals surface area (Å²) in [7, 11) is -3.22. The van der Waals surface area contributed by atoms with Crippen molar-refractivity contribution in [1.29, 1.82) is 0 Å². The SMILES string of the molecule is Cc1cccc(S(=O)(=O)C2CCC(O)CC2)c1. The Bertz CT molecular complexity index is 485. The molecule has 1 aromatic rings. The molecule has 0 spiro atoms. The zero-order chi connectivity index (χ0) is 12.5. The highest BCUT2D eigenvalue weighted by molar-refractivity contribution is 7.92. The Hall–Kier alpha value is -0.870. The topological polar surface area (TPSA) is 54.4 Å². The molecule has 1 aliphatic rings. The smallest absolute Gasteiger partial charge is 0.181 e. The third-order valence-corrected chi connectivity index (χ3v) is 5.66. The Morgan fingerprint density at radius 1 is 1.18 bits per heavy atom. The van der Waals surface area contributed by atoms with E-state index in [4.69, 9.17) is 0 Å².